The van der Waals surface area contributed by atoms with E-state index < -0.39 is 0 Å². The average molecular weight is 552 g/mol. The second kappa shape index (κ2) is 10.5. The summed E-state index contributed by atoms with van der Waals surface area (Å²) in [6.07, 6.45) is 0. The summed E-state index contributed by atoms with van der Waals surface area (Å²) in [5, 5.41) is 2.35. The van der Waals surface area contributed by atoms with E-state index in [1.807, 2.05) is 84.9 Å². The summed E-state index contributed by atoms with van der Waals surface area (Å²) in [5.74, 6) is 1.60. The monoisotopic (exact) mass is 551 g/mol. The van der Waals surface area contributed by atoms with Crippen molar-refractivity contribution in [2.75, 3.05) is 0 Å². The highest BCUT2D eigenvalue weighted by Crippen LogP contribution is 2.38. The second-order valence-corrected chi connectivity index (χ2v) is 10.4. The van der Waals surface area contributed by atoms with Gasteiger partial charge in [-0.2, -0.15) is 0 Å². The molecule has 0 fully saturated rings. The Kier molecular flexibility index (Phi) is 5.82. The first kappa shape index (κ1) is 23.8. The lowest BCUT2D eigenvalue weighted by Gasteiger charge is -2.16. The van der Waals surface area contributed by atoms with E-state index in [9.17, 15) is 1.37 Å². The number of fused-ring (bicyclic) bond motifs is 3. The largest absolute Gasteiger partial charge is 0.309 e. The Bertz CT molecular complexity index is 2170. The smallest absolute Gasteiger partial charge is 0.164 e. The van der Waals surface area contributed by atoms with E-state index in [2.05, 4.69) is 71.3 Å². The van der Waals surface area contributed by atoms with Crippen molar-refractivity contribution in [3.05, 3.63) is 158 Å². The topological polar surface area (TPSA) is 43.6 Å². The van der Waals surface area contributed by atoms with Gasteiger partial charge in [-0.25, -0.2) is 15.0 Å². The van der Waals surface area contributed by atoms with E-state index in [-0.39, 0.29) is 0 Å². The van der Waals surface area contributed by atoms with Crippen LogP contribution in [0.1, 0.15) is 1.37 Å². The van der Waals surface area contributed by atoms with Crippen molar-refractivity contribution in [2.45, 2.75) is 0 Å². The van der Waals surface area contributed by atoms with E-state index in [4.69, 9.17) is 15.0 Å². The molecule has 8 rings (SSSR count). The Morgan fingerprint density at radius 2 is 0.837 bits per heavy atom. The highest BCUT2D eigenvalue weighted by Gasteiger charge is 2.18. The van der Waals surface area contributed by atoms with E-state index in [0.717, 1.165) is 39.0 Å². The van der Waals surface area contributed by atoms with Gasteiger partial charge in [0.1, 0.15) is 0 Å². The number of hydrogen-bond donors (Lipinski definition) is 0. The van der Waals surface area contributed by atoms with E-state index in [1.165, 1.54) is 10.8 Å². The maximum Gasteiger partial charge on any atom is 0.164 e. The molecule has 0 spiro atoms. The van der Waals surface area contributed by atoms with Gasteiger partial charge in [-0.05, 0) is 23.8 Å². The summed E-state index contributed by atoms with van der Waals surface area (Å²) in [6.45, 7) is 0. The molecule has 202 valence electrons. The standard InChI is InChI=1S/C39H26N4/c1-4-14-27(15-5-1)31-25-24-30(26-36(31)43-34-22-12-10-20-32(34)33-21-11-13-23-35(33)43)39-41-37(28-16-6-2-7-17-28)40-38(42-39)29-18-8-3-9-19-29/h1-26H/i24D. The fourth-order valence-corrected chi connectivity index (χ4v) is 5.75. The predicted octanol–water partition coefficient (Wildman–Crippen LogP) is 9.64. The molecule has 0 bridgehead atoms. The number of benzene rings is 6. The van der Waals surface area contributed by atoms with Crippen LogP contribution in [-0.4, -0.2) is 19.5 Å². The van der Waals surface area contributed by atoms with Crippen LogP contribution in [0.4, 0.5) is 0 Å². The molecule has 0 unspecified atom stereocenters. The Labute approximate surface area is 251 Å². The Morgan fingerprint density at radius 3 is 1.35 bits per heavy atom. The van der Waals surface area contributed by atoms with Crippen LogP contribution in [0.5, 0.6) is 0 Å². The van der Waals surface area contributed by atoms with Crippen LogP contribution >= 0.6 is 0 Å². The Hall–Kier alpha value is -5.87. The molecule has 4 heteroatoms. The van der Waals surface area contributed by atoms with Crippen LogP contribution in [0, 0.1) is 0 Å². The molecule has 0 aliphatic heterocycles. The van der Waals surface area contributed by atoms with Crippen LogP contribution in [0.2, 0.25) is 0 Å². The van der Waals surface area contributed by atoms with Gasteiger partial charge in [-0.15, -0.1) is 0 Å². The minimum absolute atomic E-state index is 0.345. The number of rotatable bonds is 5. The van der Waals surface area contributed by atoms with Crippen molar-refractivity contribution in [3.63, 3.8) is 0 Å². The maximum absolute atomic E-state index is 9.29. The molecule has 0 aliphatic carbocycles. The minimum atomic E-state index is 0.345. The zero-order chi connectivity index (χ0) is 29.5. The molecule has 2 aromatic heterocycles. The zero-order valence-electron chi connectivity index (χ0n) is 24.2. The summed E-state index contributed by atoms with van der Waals surface area (Å²) >= 11 is 0. The molecule has 0 aliphatic rings. The first-order chi connectivity index (χ1) is 21.7. The molecule has 0 saturated carbocycles. The first-order valence-corrected chi connectivity index (χ1v) is 14.3. The van der Waals surface area contributed by atoms with Crippen molar-refractivity contribution in [2.24, 2.45) is 0 Å². The molecule has 0 amide bonds. The molecule has 4 nitrogen and oxygen atoms in total. The molecule has 43 heavy (non-hydrogen) atoms. The summed E-state index contributed by atoms with van der Waals surface area (Å²) in [7, 11) is 0. The number of nitrogens with zero attached hydrogens (tertiary/aromatic N) is 4. The molecule has 0 radical (unpaired) electrons. The third kappa shape index (κ3) is 4.46. The van der Waals surface area contributed by atoms with Crippen LogP contribution in [0.3, 0.4) is 0 Å². The number of para-hydroxylation sites is 2. The molecule has 0 N–H and O–H groups in total. The lowest BCUT2D eigenvalue weighted by Crippen LogP contribution is -2.02. The van der Waals surface area contributed by atoms with E-state index in [0.29, 0.717) is 29.1 Å². The second-order valence-electron chi connectivity index (χ2n) is 10.4. The molecule has 0 saturated heterocycles. The van der Waals surface area contributed by atoms with Gasteiger partial charge in [0, 0.05) is 33.0 Å². The molecule has 6 aromatic carbocycles. The Morgan fingerprint density at radius 1 is 0.419 bits per heavy atom. The zero-order valence-corrected chi connectivity index (χ0v) is 23.2. The van der Waals surface area contributed by atoms with Gasteiger partial charge in [-0.3, -0.25) is 0 Å². The van der Waals surface area contributed by atoms with E-state index in [1.54, 1.807) is 0 Å². The van der Waals surface area contributed by atoms with Crippen molar-refractivity contribution < 1.29 is 1.37 Å². The van der Waals surface area contributed by atoms with Crippen LogP contribution in [-0.2, 0) is 0 Å². The van der Waals surface area contributed by atoms with Crippen molar-refractivity contribution in [3.8, 4) is 51.0 Å². The normalized spacial score (nSPS) is 11.6. The van der Waals surface area contributed by atoms with Gasteiger partial charge in [0.15, 0.2) is 17.5 Å². The maximum atomic E-state index is 9.29. The lowest BCUT2D eigenvalue weighted by atomic mass is 10.0. The van der Waals surface area contributed by atoms with Gasteiger partial charge in [0.05, 0.1) is 18.1 Å². The Balaban J connectivity index is 1.44. The summed E-state index contributed by atoms with van der Waals surface area (Å²) in [6, 6.07) is 51.4. The van der Waals surface area contributed by atoms with Crippen molar-refractivity contribution in [1.82, 2.24) is 19.5 Å². The van der Waals surface area contributed by atoms with Gasteiger partial charge in [0.2, 0.25) is 0 Å². The van der Waals surface area contributed by atoms with Crippen molar-refractivity contribution in [1.29, 1.82) is 0 Å². The molecule has 0 atom stereocenters. The molecule has 8 aromatic rings. The SMILES string of the molecule is [2H]c1cc(-c2ccccc2)c(-n2c3ccccc3c3ccccc32)cc1-c1nc(-c2ccccc2)nc(-c2ccccc2)n1. The van der Waals surface area contributed by atoms with Gasteiger partial charge >= 0.3 is 0 Å². The van der Waals surface area contributed by atoms with Gasteiger partial charge in [-0.1, -0.05) is 140 Å². The summed E-state index contributed by atoms with van der Waals surface area (Å²) in [5.41, 5.74) is 7.58. The highest BCUT2D eigenvalue weighted by molar-refractivity contribution is 6.09. The summed E-state index contributed by atoms with van der Waals surface area (Å²) < 4.78 is 11.6. The molecular formula is C39H26N4. The lowest BCUT2D eigenvalue weighted by molar-refractivity contribution is 1.07. The van der Waals surface area contributed by atoms with Gasteiger partial charge in [0.25, 0.3) is 0 Å². The number of hydrogen-bond acceptors (Lipinski definition) is 3. The highest BCUT2D eigenvalue weighted by atomic mass is 15.0. The van der Waals surface area contributed by atoms with Gasteiger partial charge < -0.3 is 4.57 Å². The number of aromatic nitrogens is 4. The van der Waals surface area contributed by atoms with E-state index >= 15 is 0 Å². The van der Waals surface area contributed by atoms with Crippen molar-refractivity contribution >= 4 is 21.8 Å². The van der Waals surface area contributed by atoms with Crippen LogP contribution in [0.15, 0.2) is 158 Å². The summed E-state index contributed by atoms with van der Waals surface area (Å²) in [4.78, 5) is 14.8. The predicted molar refractivity (Wildman–Crippen MR) is 176 cm³/mol. The molecular weight excluding hydrogens is 524 g/mol. The van der Waals surface area contributed by atoms with Crippen LogP contribution in [0.25, 0.3) is 72.8 Å². The third-order valence-electron chi connectivity index (χ3n) is 7.78. The fraction of sp³-hybridized carbons (Fsp3) is 0. The first-order valence-electron chi connectivity index (χ1n) is 14.8. The quantitative estimate of drug-likeness (QED) is 0.214. The van der Waals surface area contributed by atoms with Crippen LogP contribution < -0.4 is 0 Å². The molecule has 2 heterocycles. The minimum Gasteiger partial charge on any atom is -0.309 e. The third-order valence-corrected chi connectivity index (χ3v) is 7.78. The average Bonchev–Trinajstić information content (AvgIpc) is 3.43. The fourth-order valence-electron chi connectivity index (χ4n) is 5.75.